The Kier molecular flexibility index (Phi) is 4.16. The van der Waals surface area contributed by atoms with Crippen LogP contribution in [-0.2, 0) is 0 Å². The molecule has 9 heteroatoms. The van der Waals surface area contributed by atoms with E-state index in [4.69, 9.17) is 20.8 Å². The van der Waals surface area contributed by atoms with Crippen molar-refractivity contribution in [3.8, 4) is 5.75 Å². The van der Waals surface area contributed by atoms with Gasteiger partial charge >= 0.3 is 0 Å². The minimum atomic E-state index is -3.05. The van der Waals surface area contributed by atoms with Crippen LogP contribution in [0.3, 0.4) is 0 Å². The van der Waals surface area contributed by atoms with E-state index in [-0.39, 0.29) is 23.1 Å². The summed E-state index contributed by atoms with van der Waals surface area (Å²) in [5.41, 5.74) is 0.101. The van der Waals surface area contributed by atoms with Gasteiger partial charge in [-0.25, -0.2) is 8.78 Å². The first-order valence-electron chi connectivity index (χ1n) is 7.13. The normalized spacial score (nSPS) is 19.5. The van der Waals surface area contributed by atoms with Crippen LogP contribution in [0.2, 0.25) is 5.02 Å². The number of carbonyl (C=O) groups is 1. The molecule has 0 spiro atoms. The van der Waals surface area contributed by atoms with Crippen molar-refractivity contribution in [3.05, 3.63) is 40.6 Å². The number of hydrogen-bond donors (Lipinski definition) is 0. The maximum absolute atomic E-state index is 13.9. The minimum Gasteiger partial charge on any atom is -0.496 e. The first kappa shape index (κ1) is 16.6. The smallest absolute Gasteiger partial charge is 0.267 e. The van der Waals surface area contributed by atoms with E-state index in [0.29, 0.717) is 5.02 Å². The molecular formula is C15H14ClF2N3O3. The maximum atomic E-state index is 13.9. The van der Waals surface area contributed by atoms with Gasteiger partial charge in [-0.05, 0) is 18.2 Å². The quantitative estimate of drug-likeness (QED) is 0.843. The molecule has 0 unspecified atom stereocenters. The number of halogens is 3. The summed E-state index contributed by atoms with van der Waals surface area (Å²) in [6, 6.07) is 3.44. The van der Waals surface area contributed by atoms with Crippen molar-refractivity contribution < 1.29 is 22.7 Å². The Bertz CT molecular complexity index is 781. The summed E-state index contributed by atoms with van der Waals surface area (Å²) in [7, 11) is 1.39. The highest BCUT2D eigenvalue weighted by atomic mass is 35.5. The van der Waals surface area contributed by atoms with Gasteiger partial charge in [0.2, 0.25) is 11.8 Å². The molecule has 0 bridgehead atoms. The molecule has 2 aromatic rings. The van der Waals surface area contributed by atoms with Crippen LogP contribution in [0.15, 0.2) is 22.6 Å². The zero-order valence-corrected chi connectivity index (χ0v) is 13.7. The maximum Gasteiger partial charge on any atom is 0.267 e. The highest BCUT2D eigenvalue weighted by molar-refractivity contribution is 6.31. The predicted octanol–water partition coefficient (Wildman–Crippen LogP) is 3.26. The zero-order valence-electron chi connectivity index (χ0n) is 12.9. The molecule has 6 nitrogen and oxygen atoms in total. The van der Waals surface area contributed by atoms with E-state index in [0.717, 1.165) is 4.90 Å². The lowest BCUT2D eigenvalue weighted by molar-refractivity contribution is 0.0116. The van der Waals surface area contributed by atoms with E-state index in [1.165, 1.54) is 19.2 Å². The van der Waals surface area contributed by atoms with Crippen LogP contribution >= 0.6 is 11.6 Å². The Morgan fingerprint density at radius 1 is 1.46 bits per heavy atom. The molecule has 0 aliphatic carbocycles. The van der Waals surface area contributed by atoms with E-state index in [9.17, 15) is 13.6 Å². The summed E-state index contributed by atoms with van der Waals surface area (Å²) in [6.07, 6.45) is -0.580. The Morgan fingerprint density at radius 3 is 2.83 bits per heavy atom. The van der Waals surface area contributed by atoms with Crippen molar-refractivity contribution in [1.82, 2.24) is 15.1 Å². The fourth-order valence-electron chi connectivity index (χ4n) is 2.70. The molecule has 1 atom stereocenters. The van der Waals surface area contributed by atoms with Gasteiger partial charge in [-0.3, -0.25) is 4.79 Å². The van der Waals surface area contributed by atoms with E-state index in [1.807, 2.05) is 0 Å². The average molecular weight is 358 g/mol. The van der Waals surface area contributed by atoms with E-state index < -0.39 is 30.8 Å². The first-order valence-corrected chi connectivity index (χ1v) is 7.51. The molecule has 0 saturated carbocycles. The number of aryl methyl sites for hydroxylation is 1. The number of carbonyl (C=O) groups excluding carboxylic acids is 1. The third-order valence-electron chi connectivity index (χ3n) is 3.75. The molecule has 24 heavy (non-hydrogen) atoms. The standard InChI is InChI=1S/C15H14ClF2N3O3/c1-8-19-20-13(24-8)11-6-15(17,18)7-21(11)14(22)10-5-9(16)3-4-12(10)23-2/h3-5,11H,6-7H2,1-2H3/t11-/m0/s1. The Hall–Kier alpha value is -2.22. The van der Waals surface area contributed by atoms with Crippen molar-refractivity contribution in [2.75, 3.05) is 13.7 Å². The third-order valence-corrected chi connectivity index (χ3v) is 3.98. The summed E-state index contributed by atoms with van der Waals surface area (Å²) in [4.78, 5) is 13.8. The number of nitrogens with zero attached hydrogens (tertiary/aromatic N) is 3. The Labute approximate surface area is 141 Å². The monoisotopic (exact) mass is 357 g/mol. The van der Waals surface area contributed by atoms with Gasteiger partial charge in [0.05, 0.1) is 19.2 Å². The summed E-state index contributed by atoms with van der Waals surface area (Å²) in [6.45, 7) is 0.809. The average Bonchev–Trinajstić information content (AvgIpc) is 3.09. The number of alkyl halides is 2. The van der Waals surface area contributed by atoms with Crippen LogP contribution in [0.25, 0.3) is 0 Å². The molecule has 128 valence electrons. The van der Waals surface area contributed by atoms with Crippen LogP contribution in [-0.4, -0.2) is 40.6 Å². The van der Waals surface area contributed by atoms with E-state index >= 15 is 0 Å². The second kappa shape index (κ2) is 6.01. The number of amides is 1. The second-order valence-electron chi connectivity index (χ2n) is 5.51. The van der Waals surface area contributed by atoms with Crippen molar-refractivity contribution in [2.24, 2.45) is 0 Å². The predicted molar refractivity (Wildman–Crippen MR) is 80.4 cm³/mol. The van der Waals surface area contributed by atoms with Crippen molar-refractivity contribution in [3.63, 3.8) is 0 Å². The molecule has 0 radical (unpaired) electrons. The summed E-state index contributed by atoms with van der Waals surface area (Å²) >= 11 is 5.92. The summed E-state index contributed by atoms with van der Waals surface area (Å²) in [5, 5.41) is 7.73. The molecule has 1 aliphatic rings. The van der Waals surface area contributed by atoms with Crippen molar-refractivity contribution >= 4 is 17.5 Å². The largest absolute Gasteiger partial charge is 0.496 e. The van der Waals surface area contributed by atoms with Crippen molar-refractivity contribution in [2.45, 2.75) is 25.3 Å². The third kappa shape index (κ3) is 3.06. The molecule has 1 aromatic carbocycles. The van der Waals surface area contributed by atoms with Gasteiger partial charge < -0.3 is 14.1 Å². The zero-order chi connectivity index (χ0) is 17.5. The van der Waals surface area contributed by atoms with Gasteiger partial charge in [0, 0.05) is 18.4 Å². The molecule has 1 aromatic heterocycles. The highest BCUT2D eigenvalue weighted by Crippen LogP contribution is 2.42. The number of benzene rings is 1. The lowest BCUT2D eigenvalue weighted by atomic mass is 10.1. The molecule has 1 fully saturated rings. The lowest BCUT2D eigenvalue weighted by Crippen LogP contribution is -2.33. The molecule has 1 aliphatic heterocycles. The number of hydrogen-bond acceptors (Lipinski definition) is 5. The molecule has 0 N–H and O–H groups in total. The fraction of sp³-hybridized carbons (Fsp3) is 0.400. The van der Waals surface area contributed by atoms with Crippen molar-refractivity contribution in [1.29, 1.82) is 0 Å². The van der Waals surface area contributed by atoms with Crippen LogP contribution in [0.4, 0.5) is 8.78 Å². The van der Waals surface area contributed by atoms with Crippen LogP contribution in [0, 0.1) is 6.92 Å². The number of methoxy groups -OCH3 is 1. The molecule has 3 rings (SSSR count). The summed E-state index contributed by atoms with van der Waals surface area (Å²) in [5.74, 6) is -3.20. The number of aromatic nitrogens is 2. The minimum absolute atomic E-state index is 0.0148. The Balaban J connectivity index is 1.99. The SMILES string of the molecule is COc1ccc(Cl)cc1C(=O)N1CC(F)(F)C[C@H]1c1nnc(C)o1. The van der Waals surface area contributed by atoms with Gasteiger partial charge in [-0.15, -0.1) is 10.2 Å². The van der Waals surface area contributed by atoms with Gasteiger partial charge in [0.1, 0.15) is 11.8 Å². The van der Waals surface area contributed by atoms with Gasteiger partial charge in [-0.1, -0.05) is 11.6 Å². The topological polar surface area (TPSA) is 68.5 Å². The molecule has 2 heterocycles. The van der Waals surface area contributed by atoms with E-state index in [1.54, 1.807) is 13.0 Å². The fourth-order valence-corrected chi connectivity index (χ4v) is 2.87. The van der Waals surface area contributed by atoms with Gasteiger partial charge in [0.15, 0.2) is 0 Å². The number of rotatable bonds is 3. The van der Waals surface area contributed by atoms with Crippen LogP contribution in [0.5, 0.6) is 5.75 Å². The number of likely N-dealkylation sites (tertiary alicyclic amines) is 1. The molecule has 1 amide bonds. The van der Waals surface area contributed by atoms with Gasteiger partial charge in [0.25, 0.3) is 11.8 Å². The highest BCUT2D eigenvalue weighted by Gasteiger charge is 2.50. The van der Waals surface area contributed by atoms with Gasteiger partial charge in [-0.2, -0.15) is 0 Å². The molecule has 1 saturated heterocycles. The number of ether oxygens (including phenoxy) is 1. The Morgan fingerprint density at radius 2 is 2.21 bits per heavy atom. The second-order valence-corrected chi connectivity index (χ2v) is 5.95. The summed E-state index contributed by atoms with van der Waals surface area (Å²) < 4.78 is 38.3. The van der Waals surface area contributed by atoms with Crippen LogP contribution in [0.1, 0.15) is 34.6 Å². The lowest BCUT2D eigenvalue weighted by Gasteiger charge is -2.22. The van der Waals surface area contributed by atoms with E-state index in [2.05, 4.69) is 10.2 Å². The first-order chi connectivity index (χ1) is 11.3. The molecular weight excluding hydrogens is 344 g/mol. The van der Waals surface area contributed by atoms with Crippen LogP contribution < -0.4 is 4.74 Å².